The highest BCUT2D eigenvalue weighted by atomic mass is 19.1. The quantitative estimate of drug-likeness (QED) is 0.734. The number of rotatable bonds is 7. The zero-order chi connectivity index (χ0) is 15.8. The van der Waals surface area contributed by atoms with Crippen LogP contribution in [0.4, 0.5) is 15.9 Å². The van der Waals surface area contributed by atoms with Crippen molar-refractivity contribution in [1.29, 1.82) is 0 Å². The zero-order valence-corrected chi connectivity index (χ0v) is 12.2. The van der Waals surface area contributed by atoms with Crippen LogP contribution in [0.25, 0.3) is 0 Å². The Bertz CT molecular complexity index is 599. The molecule has 0 fully saturated rings. The molecule has 22 heavy (non-hydrogen) atoms. The maximum atomic E-state index is 12.8. The Labute approximate surface area is 128 Å². The lowest BCUT2D eigenvalue weighted by Crippen LogP contribution is -2.13. The summed E-state index contributed by atoms with van der Waals surface area (Å²) in [5.41, 5.74) is 6.97. The van der Waals surface area contributed by atoms with E-state index in [0.29, 0.717) is 37.4 Å². The molecule has 0 aliphatic rings. The average molecular weight is 302 g/mol. The highest BCUT2D eigenvalue weighted by molar-refractivity contribution is 5.90. The molecule has 0 bridgehead atoms. The molecule has 1 aromatic heterocycles. The zero-order valence-electron chi connectivity index (χ0n) is 12.2. The third kappa shape index (κ3) is 5.14. The molecule has 1 aromatic carbocycles. The van der Waals surface area contributed by atoms with Crippen LogP contribution in [0.1, 0.15) is 18.4 Å². The highest BCUT2D eigenvalue weighted by Gasteiger charge is 2.02. The summed E-state index contributed by atoms with van der Waals surface area (Å²) in [6, 6.07) is 9.83. The van der Waals surface area contributed by atoms with E-state index in [2.05, 4.69) is 15.6 Å². The first-order chi connectivity index (χ1) is 10.7. The molecule has 2 aromatic rings. The number of nitrogens with zero attached hydrogens (tertiary/aromatic N) is 1. The minimum atomic E-state index is -0.253. The molecule has 116 valence electrons. The number of hydrogen-bond acceptors (Lipinski definition) is 4. The predicted molar refractivity (Wildman–Crippen MR) is 84.9 cm³/mol. The van der Waals surface area contributed by atoms with Crippen LogP contribution in [-0.2, 0) is 11.3 Å². The van der Waals surface area contributed by atoms with Crippen molar-refractivity contribution in [3.8, 4) is 0 Å². The van der Waals surface area contributed by atoms with Crippen molar-refractivity contribution in [3.63, 3.8) is 0 Å². The van der Waals surface area contributed by atoms with Gasteiger partial charge in [0.05, 0.1) is 11.9 Å². The Hall–Kier alpha value is -2.47. The number of amides is 1. The fourth-order valence-electron chi connectivity index (χ4n) is 1.85. The van der Waals surface area contributed by atoms with Crippen molar-refractivity contribution < 1.29 is 9.18 Å². The van der Waals surface area contributed by atoms with Crippen LogP contribution in [-0.4, -0.2) is 17.4 Å². The summed E-state index contributed by atoms with van der Waals surface area (Å²) in [6.07, 6.45) is 2.66. The molecule has 0 aliphatic heterocycles. The van der Waals surface area contributed by atoms with Gasteiger partial charge in [0.15, 0.2) is 0 Å². The van der Waals surface area contributed by atoms with Crippen LogP contribution in [0.3, 0.4) is 0 Å². The van der Waals surface area contributed by atoms with Gasteiger partial charge in [-0.3, -0.25) is 4.79 Å². The van der Waals surface area contributed by atoms with Crippen LogP contribution < -0.4 is 16.4 Å². The number of carbonyl (C=O) groups excluding carboxylic acids is 1. The first-order valence-electron chi connectivity index (χ1n) is 7.11. The Balaban J connectivity index is 1.83. The van der Waals surface area contributed by atoms with E-state index in [0.717, 1.165) is 5.56 Å². The van der Waals surface area contributed by atoms with Gasteiger partial charge in [0.2, 0.25) is 5.91 Å². The third-order valence-corrected chi connectivity index (χ3v) is 3.04. The van der Waals surface area contributed by atoms with Crippen LogP contribution in [0, 0.1) is 5.82 Å². The summed E-state index contributed by atoms with van der Waals surface area (Å²) < 4.78 is 12.8. The van der Waals surface area contributed by atoms with E-state index in [1.165, 1.54) is 12.1 Å². The fraction of sp³-hybridized carbons (Fsp3) is 0.250. The number of nitrogens with two attached hydrogens (primary N) is 1. The van der Waals surface area contributed by atoms with Gasteiger partial charge < -0.3 is 16.4 Å². The largest absolute Gasteiger partial charge is 0.366 e. The number of hydrogen-bond donors (Lipinski definition) is 3. The second-order valence-corrected chi connectivity index (χ2v) is 4.85. The van der Waals surface area contributed by atoms with Crippen LogP contribution >= 0.6 is 0 Å². The number of carbonyl (C=O) groups is 1. The van der Waals surface area contributed by atoms with Gasteiger partial charge in [-0.05, 0) is 42.8 Å². The van der Waals surface area contributed by atoms with E-state index in [9.17, 15) is 9.18 Å². The predicted octanol–water partition coefficient (Wildman–Crippen LogP) is 2.51. The van der Waals surface area contributed by atoms with Crippen molar-refractivity contribution in [3.05, 3.63) is 54.0 Å². The molecule has 4 N–H and O–H groups in total. The van der Waals surface area contributed by atoms with Gasteiger partial charge >= 0.3 is 0 Å². The van der Waals surface area contributed by atoms with Gasteiger partial charge in [0.1, 0.15) is 11.6 Å². The van der Waals surface area contributed by atoms with Crippen molar-refractivity contribution in [2.45, 2.75) is 19.4 Å². The maximum Gasteiger partial charge on any atom is 0.224 e. The summed E-state index contributed by atoms with van der Waals surface area (Å²) in [7, 11) is 0. The molecule has 0 saturated heterocycles. The van der Waals surface area contributed by atoms with E-state index >= 15 is 0 Å². The molecule has 0 radical (unpaired) electrons. The van der Waals surface area contributed by atoms with Gasteiger partial charge in [0, 0.05) is 13.0 Å². The molecule has 0 atom stereocenters. The van der Waals surface area contributed by atoms with Gasteiger partial charge in [-0.25, -0.2) is 9.37 Å². The van der Waals surface area contributed by atoms with E-state index in [1.807, 2.05) is 0 Å². The van der Waals surface area contributed by atoms with Crippen molar-refractivity contribution >= 4 is 17.4 Å². The molecule has 0 saturated carbocycles. The fourth-order valence-corrected chi connectivity index (χ4v) is 1.85. The number of benzene rings is 1. The lowest BCUT2D eigenvalue weighted by Gasteiger charge is -2.08. The van der Waals surface area contributed by atoms with Gasteiger partial charge in [0.25, 0.3) is 0 Å². The molecule has 0 unspecified atom stereocenters. The number of halogens is 1. The number of pyridine rings is 1. The molecular weight excluding hydrogens is 283 g/mol. The van der Waals surface area contributed by atoms with Crippen LogP contribution in [0.2, 0.25) is 0 Å². The SMILES string of the molecule is NCCCC(=O)Nc1ccc(NCc2ccc(F)cc2)nc1. The van der Waals surface area contributed by atoms with Crippen molar-refractivity contribution in [2.75, 3.05) is 17.2 Å². The van der Waals surface area contributed by atoms with Gasteiger partial charge in [-0.15, -0.1) is 0 Å². The summed E-state index contributed by atoms with van der Waals surface area (Å²) in [6.45, 7) is 1.05. The monoisotopic (exact) mass is 302 g/mol. The minimum Gasteiger partial charge on any atom is -0.366 e. The summed E-state index contributed by atoms with van der Waals surface area (Å²) >= 11 is 0. The highest BCUT2D eigenvalue weighted by Crippen LogP contribution is 2.12. The molecule has 2 rings (SSSR count). The number of anilines is 2. The normalized spacial score (nSPS) is 10.3. The lowest BCUT2D eigenvalue weighted by molar-refractivity contribution is -0.116. The second kappa shape index (κ2) is 8.09. The molecule has 0 spiro atoms. The van der Waals surface area contributed by atoms with Crippen LogP contribution in [0.15, 0.2) is 42.6 Å². The lowest BCUT2D eigenvalue weighted by atomic mass is 10.2. The Morgan fingerprint density at radius 3 is 2.59 bits per heavy atom. The summed E-state index contributed by atoms with van der Waals surface area (Å²) in [4.78, 5) is 15.8. The Morgan fingerprint density at radius 1 is 1.18 bits per heavy atom. The van der Waals surface area contributed by atoms with Crippen molar-refractivity contribution in [1.82, 2.24) is 4.98 Å². The van der Waals surface area contributed by atoms with Gasteiger partial charge in [-0.1, -0.05) is 12.1 Å². The molecular formula is C16H19FN4O. The van der Waals surface area contributed by atoms with Crippen molar-refractivity contribution in [2.24, 2.45) is 5.73 Å². The molecule has 1 amide bonds. The summed E-state index contributed by atoms with van der Waals surface area (Å²) in [5, 5.41) is 5.89. The number of aromatic nitrogens is 1. The van der Waals surface area contributed by atoms with E-state index in [1.54, 1.807) is 30.5 Å². The first-order valence-corrected chi connectivity index (χ1v) is 7.11. The average Bonchev–Trinajstić information content (AvgIpc) is 2.54. The minimum absolute atomic E-state index is 0.0701. The van der Waals surface area contributed by atoms with Crippen LogP contribution in [0.5, 0.6) is 0 Å². The second-order valence-electron chi connectivity index (χ2n) is 4.85. The Morgan fingerprint density at radius 2 is 1.95 bits per heavy atom. The molecule has 0 aliphatic carbocycles. The first kappa shape index (κ1) is 15.9. The third-order valence-electron chi connectivity index (χ3n) is 3.04. The van der Waals surface area contributed by atoms with Gasteiger partial charge in [-0.2, -0.15) is 0 Å². The topological polar surface area (TPSA) is 80.0 Å². The number of nitrogens with one attached hydrogen (secondary N) is 2. The Kier molecular flexibility index (Phi) is 5.85. The summed E-state index contributed by atoms with van der Waals surface area (Å²) in [5.74, 6) is 0.361. The molecule has 5 nitrogen and oxygen atoms in total. The molecule has 1 heterocycles. The molecule has 6 heteroatoms. The maximum absolute atomic E-state index is 12.8. The van der Waals surface area contributed by atoms with E-state index < -0.39 is 0 Å². The van der Waals surface area contributed by atoms with E-state index in [4.69, 9.17) is 5.73 Å². The standard InChI is InChI=1S/C16H19FN4O/c17-13-5-3-12(4-6-13)10-19-15-8-7-14(11-20-15)21-16(22)2-1-9-18/h3-8,11H,1-2,9-10,18H2,(H,19,20)(H,21,22). The van der Waals surface area contributed by atoms with E-state index in [-0.39, 0.29) is 11.7 Å². The smallest absolute Gasteiger partial charge is 0.224 e.